The second kappa shape index (κ2) is 7.37. The molecule has 0 unspecified atom stereocenters. The maximum absolute atomic E-state index is 12.1. The SMILES string of the molecule is Cc1nccc(C(=O)NCc2cccc(Oc3ccccc3)c2)n1. The molecule has 1 N–H and O–H groups in total. The maximum atomic E-state index is 12.1. The number of para-hydroxylation sites is 1. The highest BCUT2D eigenvalue weighted by Crippen LogP contribution is 2.21. The van der Waals surface area contributed by atoms with Gasteiger partial charge in [-0.15, -0.1) is 0 Å². The quantitative estimate of drug-likeness (QED) is 0.781. The molecule has 0 saturated carbocycles. The lowest BCUT2D eigenvalue weighted by atomic mass is 10.2. The van der Waals surface area contributed by atoms with E-state index in [1.54, 1.807) is 19.2 Å². The Balaban J connectivity index is 1.63. The summed E-state index contributed by atoms with van der Waals surface area (Å²) in [5, 5.41) is 2.85. The van der Waals surface area contributed by atoms with Gasteiger partial charge in [0.25, 0.3) is 5.91 Å². The van der Waals surface area contributed by atoms with E-state index < -0.39 is 0 Å². The lowest BCUT2D eigenvalue weighted by molar-refractivity contribution is 0.0945. The molecule has 5 heteroatoms. The van der Waals surface area contributed by atoms with Crippen molar-refractivity contribution >= 4 is 5.91 Å². The van der Waals surface area contributed by atoms with Gasteiger partial charge in [0.15, 0.2) is 0 Å². The molecular weight excluding hydrogens is 302 g/mol. The van der Waals surface area contributed by atoms with Gasteiger partial charge in [0.1, 0.15) is 23.0 Å². The summed E-state index contributed by atoms with van der Waals surface area (Å²) in [5.74, 6) is 1.84. The Morgan fingerprint density at radius 1 is 1.04 bits per heavy atom. The van der Waals surface area contributed by atoms with Gasteiger partial charge in [-0.1, -0.05) is 30.3 Å². The molecule has 0 saturated heterocycles. The van der Waals surface area contributed by atoms with Gasteiger partial charge in [-0.2, -0.15) is 0 Å². The van der Waals surface area contributed by atoms with E-state index in [2.05, 4.69) is 15.3 Å². The zero-order valence-corrected chi connectivity index (χ0v) is 13.3. The van der Waals surface area contributed by atoms with Crippen LogP contribution in [0.5, 0.6) is 11.5 Å². The van der Waals surface area contributed by atoms with E-state index in [-0.39, 0.29) is 5.91 Å². The fourth-order valence-electron chi connectivity index (χ4n) is 2.20. The summed E-state index contributed by atoms with van der Waals surface area (Å²) in [6.07, 6.45) is 1.57. The number of ether oxygens (including phenoxy) is 1. The highest BCUT2D eigenvalue weighted by atomic mass is 16.5. The summed E-state index contributed by atoms with van der Waals surface area (Å²) in [4.78, 5) is 20.2. The molecule has 5 nitrogen and oxygen atoms in total. The van der Waals surface area contributed by atoms with Crippen LogP contribution in [0.2, 0.25) is 0 Å². The topological polar surface area (TPSA) is 64.1 Å². The first-order valence-corrected chi connectivity index (χ1v) is 7.60. The smallest absolute Gasteiger partial charge is 0.270 e. The van der Waals surface area contributed by atoms with E-state index >= 15 is 0 Å². The summed E-state index contributed by atoms with van der Waals surface area (Å²) in [5.41, 5.74) is 1.31. The normalized spacial score (nSPS) is 10.2. The molecule has 0 aliphatic rings. The van der Waals surface area contributed by atoms with Gasteiger partial charge >= 0.3 is 0 Å². The van der Waals surface area contributed by atoms with E-state index in [4.69, 9.17) is 4.74 Å². The summed E-state index contributed by atoms with van der Waals surface area (Å²) >= 11 is 0. The van der Waals surface area contributed by atoms with Crippen LogP contribution >= 0.6 is 0 Å². The molecule has 0 bridgehead atoms. The third-order valence-corrected chi connectivity index (χ3v) is 3.34. The average Bonchev–Trinajstić information content (AvgIpc) is 2.61. The Kier molecular flexibility index (Phi) is 4.81. The van der Waals surface area contributed by atoms with Gasteiger partial charge in [0.05, 0.1) is 0 Å². The summed E-state index contributed by atoms with van der Waals surface area (Å²) < 4.78 is 5.79. The van der Waals surface area contributed by atoms with E-state index in [9.17, 15) is 4.79 Å². The minimum absolute atomic E-state index is 0.227. The molecule has 0 radical (unpaired) electrons. The molecule has 120 valence electrons. The fraction of sp³-hybridized carbons (Fsp3) is 0.105. The van der Waals surface area contributed by atoms with E-state index in [1.807, 2.05) is 54.6 Å². The number of carbonyl (C=O) groups excluding carboxylic acids is 1. The van der Waals surface area contributed by atoms with Crippen molar-refractivity contribution in [2.24, 2.45) is 0 Å². The largest absolute Gasteiger partial charge is 0.457 e. The number of benzene rings is 2. The molecule has 2 aromatic carbocycles. The molecule has 1 heterocycles. The predicted octanol–water partition coefficient (Wildman–Crippen LogP) is 3.51. The van der Waals surface area contributed by atoms with Crippen LogP contribution in [0.15, 0.2) is 66.9 Å². The van der Waals surface area contributed by atoms with Crippen molar-refractivity contribution in [1.29, 1.82) is 0 Å². The molecule has 1 amide bonds. The first kappa shape index (κ1) is 15.7. The number of amides is 1. The zero-order valence-electron chi connectivity index (χ0n) is 13.3. The number of hydrogen-bond acceptors (Lipinski definition) is 4. The number of aryl methyl sites for hydroxylation is 1. The van der Waals surface area contributed by atoms with Crippen molar-refractivity contribution in [3.8, 4) is 11.5 Å². The van der Waals surface area contributed by atoms with Crippen LogP contribution in [0.25, 0.3) is 0 Å². The average molecular weight is 319 g/mol. The Labute approximate surface area is 140 Å². The van der Waals surface area contributed by atoms with Crippen LogP contribution in [-0.4, -0.2) is 15.9 Å². The van der Waals surface area contributed by atoms with E-state index in [0.29, 0.717) is 18.1 Å². The first-order chi connectivity index (χ1) is 11.7. The number of carbonyl (C=O) groups is 1. The molecular formula is C19H17N3O2. The van der Waals surface area contributed by atoms with Crippen molar-refractivity contribution < 1.29 is 9.53 Å². The molecule has 0 aliphatic heterocycles. The number of aromatic nitrogens is 2. The van der Waals surface area contributed by atoms with Crippen LogP contribution in [0.1, 0.15) is 21.9 Å². The summed E-state index contributed by atoms with van der Waals surface area (Å²) in [6.45, 7) is 2.15. The Hall–Kier alpha value is -3.21. The highest BCUT2D eigenvalue weighted by Gasteiger charge is 2.07. The van der Waals surface area contributed by atoms with Gasteiger partial charge in [0, 0.05) is 12.7 Å². The third kappa shape index (κ3) is 4.16. The number of nitrogens with one attached hydrogen (secondary N) is 1. The second-order valence-electron chi connectivity index (χ2n) is 5.23. The fourth-order valence-corrected chi connectivity index (χ4v) is 2.20. The summed E-state index contributed by atoms with van der Waals surface area (Å²) in [6, 6.07) is 18.8. The Bertz CT molecular complexity index is 835. The van der Waals surface area contributed by atoms with Crippen LogP contribution < -0.4 is 10.1 Å². The highest BCUT2D eigenvalue weighted by molar-refractivity contribution is 5.92. The van der Waals surface area contributed by atoms with Crippen LogP contribution in [0.3, 0.4) is 0 Å². The van der Waals surface area contributed by atoms with Crippen LogP contribution in [0.4, 0.5) is 0 Å². The van der Waals surface area contributed by atoms with Crippen molar-refractivity contribution in [2.75, 3.05) is 0 Å². The van der Waals surface area contributed by atoms with Crippen molar-refractivity contribution in [2.45, 2.75) is 13.5 Å². The molecule has 0 fully saturated rings. The Morgan fingerprint density at radius 3 is 2.62 bits per heavy atom. The van der Waals surface area contributed by atoms with Crippen LogP contribution in [0, 0.1) is 6.92 Å². The maximum Gasteiger partial charge on any atom is 0.270 e. The summed E-state index contributed by atoms with van der Waals surface area (Å²) in [7, 11) is 0. The van der Waals surface area contributed by atoms with E-state index in [0.717, 1.165) is 17.1 Å². The predicted molar refractivity (Wildman–Crippen MR) is 90.9 cm³/mol. The first-order valence-electron chi connectivity index (χ1n) is 7.60. The lowest BCUT2D eigenvalue weighted by Crippen LogP contribution is -2.24. The minimum atomic E-state index is -0.227. The van der Waals surface area contributed by atoms with E-state index in [1.165, 1.54) is 0 Å². The Morgan fingerprint density at radius 2 is 1.83 bits per heavy atom. The van der Waals surface area contributed by atoms with Crippen molar-refractivity contribution in [3.05, 3.63) is 83.9 Å². The van der Waals surface area contributed by atoms with Gasteiger partial charge in [-0.05, 0) is 42.8 Å². The molecule has 3 rings (SSSR count). The monoisotopic (exact) mass is 319 g/mol. The molecule has 0 atom stereocenters. The lowest BCUT2D eigenvalue weighted by Gasteiger charge is -2.09. The molecule has 24 heavy (non-hydrogen) atoms. The van der Waals surface area contributed by atoms with Crippen LogP contribution in [-0.2, 0) is 6.54 Å². The standard InChI is InChI=1S/C19H17N3O2/c1-14-20-11-10-18(22-14)19(23)21-13-15-6-5-9-17(12-15)24-16-7-3-2-4-8-16/h2-12H,13H2,1H3,(H,21,23). The number of nitrogens with zero attached hydrogens (tertiary/aromatic N) is 2. The number of hydrogen-bond donors (Lipinski definition) is 1. The molecule has 0 spiro atoms. The van der Waals surface area contributed by atoms with Crippen molar-refractivity contribution in [3.63, 3.8) is 0 Å². The zero-order chi connectivity index (χ0) is 16.8. The molecule has 0 aliphatic carbocycles. The van der Waals surface area contributed by atoms with Gasteiger partial charge < -0.3 is 10.1 Å². The third-order valence-electron chi connectivity index (χ3n) is 3.34. The molecule has 3 aromatic rings. The van der Waals surface area contributed by atoms with Gasteiger partial charge in [0.2, 0.25) is 0 Å². The second-order valence-corrected chi connectivity index (χ2v) is 5.23. The van der Waals surface area contributed by atoms with Gasteiger partial charge in [-0.25, -0.2) is 9.97 Å². The molecule has 1 aromatic heterocycles. The number of rotatable bonds is 5. The van der Waals surface area contributed by atoms with Crippen molar-refractivity contribution in [1.82, 2.24) is 15.3 Å². The minimum Gasteiger partial charge on any atom is -0.457 e. The van der Waals surface area contributed by atoms with Gasteiger partial charge in [-0.3, -0.25) is 4.79 Å².